The maximum absolute atomic E-state index is 14.0. The highest BCUT2D eigenvalue weighted by molar-refractivity contribution is 6.74. The second-order valence-electron chi connectivity index (χ2n) is 13.7. The van der Waals surface area contributed by atoms with Gasteiger partial charge in [0.1, 0.15) is 6.29 Å². The van der Waals surface area contributed by atoms with Gasteiger partial charge in [-0.15, -0.1) is 0 Å². The van der Waals surface area contributed by atoms with Crippen LogP contribution >= 0.6 is 0 Å². The zero-order chi connectivity index (χ0) is 32.1. The minimum atomic E-state index is -2.30. The standard InChI is InChI=1S/C34H59NO6Si/c1-11-12-13-14-18-21-29(37)26(4)33(39)40-31(25(2)3)32(38)35(8)28(24-27-19-16-15-17-20-27)30(22-23-36)41-42(9,10)34(5,6)7/h15-17,19-20,23,25-26,28-31,37H,11-14,18,21-22,24H2,1-10H3/t26-,28+,29+,30-,31+/m1/s1. The molecule has 5 atom stereocenters. The van der Waals surface area contributed by atoms with E-state index in [1.807, 2.05) is 44.2 Å². The summed E-state index contributed by atoms with van der Waals surface area (Å²) in [6.07, 6.45) is 4.96. The topological polar surface area (TPSA) is 93.1 Å². The van der Waals surface area contributed by atoms with E-state index >= 15 is 0 Å². The zero-order valence-electron chi connectivity index (χ0n) is 28.0. The van der Waals surface area contributed by atoms with Gasteiger partial charge in [-0.3, -0.25) is 9.59 Å². The Morgan fingerprint density at radius 1 is 1.02 bits per heavy atom. The molecule has 0 saturated heterocycles. The molecule has 0 aliphatic carbocycles. The first-order valence-electron chi connectivity index (χ1n) is 15.9. The predicted molar refractivity (Wildman–Crippen MR) is 173 cm³/mol. The average molecular weight is 606 g/mol. The van der Waals surface area contributed by atoms with Crippen LogP contribution in [0.1, 0.15) is 99.0 Å². The van der Waals surface area contributed by atoms with Crippen LogP contribution in [0.4, 0.5) is 0 Å². The molecule has 0 heterocycles. The molecule has 0 radical (unpaired) electrons. The molecule has 0 spiro atoms. The fourth-order valence-corrected chi connectivity index (χ4v) is 6.10. The number of hydrogen-bond donors (Lipinski definition) is 1. The molecule has 0 saturated carbocycles. The summed E-state index contributed by atoms with van der Waals surface area (Å²) >= 11 is 0. The summed E-state index contributed by atoms with van der Waals surface area (Å²) in [5.41, 5.74) is 1.02. The molecule has 0 fully saturated rings. The molecule has 0 bridgehead atoms. The third-order valence-corrected chi connectivity index (χ3v) is 13.3. The molecule has 1 N–H and O–H groups in total. The maximum atomic E-state index is 14.0. The van der Waals surface area contributed by atoms with E-state index in [1.54, 1.807) is 18.9 Å². The van der Waals surface area contributed by atoms with E-state index in [9.17, 15) is 19.5 Å². The van der Waals surface area contributed by atoms with Crippen molar-refractivity contribution in [3.8, 4) is 0 Å². The van der Waals surface area contributed by atoms with Gasteiger partial charge in [0.25, 0.3) is 5.91 Å². The quantitative estimate of drug-likeness (QED) is 0.0793. The Morgan fingerprint density at radius 2 is 1.62 bits per heavy atom. The van der Waals surface area contributed by atoms with Gasteiger partial charge >= 0.3 is 5.97 Å². The number of carbonyl (C=O) groups is 3. The van der Waals surface area contributed by atoms with Crippen molar-refractivity contribution in [2.75, 3.05) is 7.05 Å². The number of rotatable bonds is 19. The molecule has 1 rings (SSSR count). The summed E-state index contributed by atoms with van der Waals surface area (Å²) in [6, 6.07) is 9.39. The number of aldehydes is 1. The molecule has 0 unspecified atom stereocenters. The molecule has 240 valence electrons. The normalized spacial score (nSPS) is 15.9. The minimum Gasteiger partial charge on any atom is -0.452 e. The van der Waals surface area contributed by atoms with E-state index in [0.29, 0.717) is 12.8 Å². The number of ether oxygens (including phenoxy) is 1. The number of benzene rings is 1. The summed E-state index contributed by atoms with van der Waals surface area (Å²) in [4.78, 5) is 40.7. The maximum Gasteiger partial charge on any atom is 0.312 e. The van der Waals surface area contributed by atoms with Crippen LogP contribution in [0.15, 0.2) is 30.3 Å². The van der Waals surface area contributed by atoms with Crippen LogP contribution in [0.2, 0.25) is 18.1 Å². The summed E-state index contributed by atoms with van der Waals surface area (Å²) in [5.74, 6) is -1.93. The minimum absolute atomic E-state index is 0.0863. The zero-order valence-corrected chi connectivity index (χ0v) is 29.0. The van der Waals surface area contributed by atoms with E-state index in [0.717, 1.165) is 37.5 Å². The monoisotopic (exact) mass is 605 g/mol. The highest BCUT2D eigenvalue weighted by atomic mass is 28.4. The van der Waals surface area contributed by atoms with Crippen LogP contribution in [-0.4, -0.2) is 67.9 Å². The van der Waals surface area contributed by atoms with E-state index in [-0.39, 0.29) is 23.3 Å². The van der Waals surface area contributed by atoms with Gasteiger partial charge in [-0.05, 0) is 49.4 Å². The van der Waals surface area contributed by atoms with Gasteiger partial charge in [0.05, 0.1) is 24.2 Å². The second-order valence-corrected chi connectivity index (χ2v) is 18.4. The summed E-state index contributed by atoms with van der Waals surface area (Å²) < 4.78 is 12.6. The molecule has 0 aromatic heterocycles. The van der Waals surface area contributed by atoms with Crippen molar-refractivity contribution >= 4 is 26.5 Å². The number of carbonyl (C=O) groups excluding carboxylic acids is 3. The van der Waals surface area contributed by atoms with Crippen molar-refractivity contribution in [2.45, 2.75) is 142 Å². The molecular formula is C34H59NO6Si. The van der Waals surface area contributed by atoms with Crippen molar-refractivity contribution in [2.24, 2.45) is 11.8 Å². The molecule has 1 aromatic carbocycles. The Balaban J connectivity index is 3.22. The van der Waals surface area contributed by atoms with Gasteiger partial charge in [0, 0.05) is 13.5 Å². The number of unbranched alkanes of at least 4 members (excludes halogenated alkanes) is 4. The van der Waals surface area contributed by atoms with E-state index < -0.39 is 44.6 Å². The molecule has 42 heavy (non-hydrogen) atoms. The van der Waals surface area contributed by atoms with Crippen LogP contribution in [0.5, 0.6) is 0 Å². The number of nitrogens with zero attached hydrogens (tertiary/aromatic N) is 1. The highest BCUT2D eigenvalue weighted by Gasteiger charge is 2.43. The highest BCUT2D eigenvalue weighted by Crippen LogP contribution is 2.38. The van der Waals surface area contributed by atoms with E-state index in [4.69, 9.17) is 9.16 Å². The summed E-state index contributed by atoms with van der Waals surface area (Å²) in [7, 11) is -0.589. The van der Waals surface area contributed by atoms with Crippen LogP contribution < -0.4 is 0 Å². The fraction of sp³-hybridized carbons (Fsp3) is 0.735. The smallest absolute Gasteiger partial charge is 0.312 e. The fourth-order valence-electron chi connectivity index (χ4n) is 4.74. The third-order valence-electron chi connectivity index (χ3n) is 8.79. The number of aliphatic hydroxyl groups is 1. The lowest BCUT2D eigenvalue weighted by atomic mass is 9.96. The van der Waals surface area contributed by atoms with E-state index in [1.165, 1.54) is 6.42 Å². The SMILES string of the molecule is CCCCCCC[C@H](O)[C@@H](C)C(=O)O[C@H](C(=O)N(C)[C@@H](Cc1ccccc1)[C@@H](CC=O)O[Si](C)(C)C(C)(C)C)C(C)C. The van der Waals surface area contributed by atoms with Crippen molar-refractivity contribution in [3.05, 3.63) is 35.9 Å². The van der Waals surface area contributed by atoms with Crippen molar-refractivity contribution in [1.29, 1.82) is 0 Å². The van der Waals surface area contributed by atoms with Crippen molar-refractivity contribution in [1.82, 2.24) is 4.90 Å². The van der Waals surface area contributed by atoms with Gasteiger partial charge in [-0.25, -0.2) is 0 Å². The lowest BCUT2D eigenvalue weighted by Crippen LogP contribution is -2.55. The average Bonchev–Trinajstić information content (AvgIpc) is 2.92. The third kappa shape index (κ3) is 11.9. The van der Waals surface area contributed by atoms with Crippen LogP contribution in [0.25, 0.3) is 0 Å². The molecule has 1 aromatic rings. The number of likely N-dealkylation sites (N-methyl/N-ethyl adjacent to an activating group) is 1. The molecule has 1 amide bonds. The van der Waals surface area contributed by atoms with Gasteiger partial charge in [-0.2, -0.15) is 0 Å². The van der Waals surface area contributed by atoms with Gasteiger partial charge < -0.3 is 24.0 Å². The number of esters is 1. The molecule has 0 aliphatic rings. The molecule has 0 aliphatic heterocycles. The van der Waals surface area contributed by atoms with Crippen molar-refractivity contribution < 1.29 is 28.7 Å². The molecule has 8 heteroatoms. The summed E-state index contributed by atoms with van der Waals surface area (Å²) in [6.45, 7) is 18.2. The van der Waals surface area contributed by atoms with Gasteiger partial charge in [0.2, 0.25) is 0 Å². The Bertz CT molecular complexity index is 945. The van der Waals surface area contributed by atoms with Crippen LogP contribution in [0.3, 0.4) is 0 Å². The number of aliphatic hydroxyl groups excluding tert-OH is 1. The van der Waals surface area contributed by atoms with Gasteiger partial charge in [0.15, 0.2) is 14.4 Å². The van der Waals surface area contributed by atoms with E-state index in [2.05, 4.69) is 40.8 Å². The number of hydrogen-bond acceptors (Lipinski definition) is 6. The van der Waals surface area contributed by atoms with Crippen LogP contribution in [-0.2, 0) is 30.0 Å². The molecule has 7 nitrogen and oxygen atoms in total. The lowest BCUT2D eigenvalue weighted by Gasteiger charge is -2.43. The Kier molecular flexibility index (Phi) is 16.2. The largest absolute Gasteiger partial charge is 0.452 e. The van der Waals surface area contributed by atoms with Gasteiger partial charge in [-0.1, -0.05) is 104 Å². The second kappa shape index (κ2) is 17.9. The van der Waals surface area contributed by atoms with Crippen LogP contribution in [0, 0.1) is 11.8 Å². The lowest BCUT2D eigenvalue weighted by molar-refractivity contribution is -0.170. The summed E-state index contributed by atoms with van der Waals surface area (Å²) in [5, 5.41) is 10.6. The Hall–Kier alpha value is -2.03. The first-order valence-corrected chi connectivity index (χ1v) is 18.8. The Labute approximate surface area is 256 Å². The first kappa shape index (κ1) is 38.0. The van der Waals surface area contributed by atoms with Crippen molar-refractivity contribution in [3.63, 3.8) is 0 Å². The number of amides is 1. The Morgan fingerprint density at radius 3 is 2.14 bits per heavy atom. The predicted octanol–water partition coefficient (Wildman–Crippen LogP) is 6.96. The first-order chi connectivity index (χ1) is 19.6. The molecular weight excluding hydrogens is 546 g/mol.